The topological polar surface area (TPSA) is 55.3 Å². The zero-order valence-corrected chi connectivity index (χ0v) is 11.1. The summed E-state index contributed by atoms with van der Waals surface area (Å²) in [6.45, 7) is 2.79. The molecule has 110 valence electrons. The van der Waals surface area contributed by atoms with Gasteiger partial charge in [0.25, 0.3) is 5.91 Å². The van der Waals surface area contributed by atoms with Gasteiger partial charge in [-0.1, -0.05) is 0 Å². The van der Waals surface area contributed by atoms with Crippen LogP contribution in [0, 0.1) is 13.8 Å². The number of aryl methyl sites for hydroxylation is 2. The highest BCUT2D eigenvalue weighted by Crippen LogP contribution is 2.26. The molecule has 1 aromatic rings. The van der Waals surface area contributed by atoms with Gasteiger partial charge in [0, 0.05) is 12.7 Å². The largest absolute Gasteiger partial charge is 0.416 e. The molecule has 1 saturated heterocycles. The van der Waals surface area contributed by atoms with Gasteiger partial charge in [-0.05, 0) is 13.8 Å². The molecule has 0 bridgehead atoms. The van der Waals surface area contributed by atoms with Gasteiger partial charge < -0.3 is 9.64 Å². The van der Waals surface area contributed by atoms with Gasteiger partial charge in [0.15, 0.2) is 6.10 Å². The monoisotopic (exact) mass is 289 g/mol. The summed E-state index contributed by atoms with van der Waals surface area (Å²) in [5, 5.41) is 0. The number of carbonyl (C=O) groups is 1. The molecule has 1 aliphatic heterocycles. The normalized spacial score (nSPS) is 20.1. The summed E-state index contributed by atoms with van der Waals surface area (Å²) in [4.78, 5) is 21.3. The lowest BCUT2D eigenvalue weighted by Gasteiger charge is -2.33. The molecule has 1 aliphatic rings. The SMILES string of the molecule is Cc1ncc(C(=O)N2CCOC(C(F)(F)F)C2)c(C)n1. The Hall–Kier alpha value is -1.70. The third-order valence-corrected chi connectivity index (χ3v) is 3.05. The van der Waals surface area contributed by atoms with Crippen molar-refractivity contribution in [2.24, 2.45) is 0 Å². The molecule has 1 unspecified atom stereocenters. The van der Waals surface area contributed by atoms with Crippen molar-refractivity contribution in [2.45, 2.75) is 26.1 Å². The van der Waals surface area contributed by atoms with Gasteiger partial charge in [-0.15, -0.1) is 0 Å². The number of hydrogen-bond acceptors (Lipinski definition) is 4. The number of alkyl halides is 3. The van der Waals surface area contributed by atoms with E-state index in [2.05, 4.69) is 14.7 Å². The van der Waals surface area contributed by atoms with E-state index in [9.17, 15) is 18.0 Å². The minimum Gasteiger partial charge on any atom is -0.365 e. The van der Waals surface area contributed by atoms with Crippen LogP contribution in [-0.2, 0) is 4.74 Å². The number of amides is 1. The van der Waals surface area contributed by atoms with Gasteiger partial charge in [-0.2, -0.15) is 13.2 Å². The van der Waals surface area contributed by atoms with Crippen molar-refractivity contribution in [3.05, 3.63) is 23.3 Å². The molecule has 2 rings (SSSR count). The lowest BCUT2D eigenvalue weighted by molar-refractivity contribution is -0.233. The number of morpholine rings is 1. The first kappa shape index (κ1) is 14.7. The van der Waals surface area contributed by atoms with Crippen LogP contribution >= 0.6 is 0 Å². The minimum atomic E-state index is -4.47. The summed E-state index contributed by atoms with van der Waals surface area (Å²) in [5.41, 5.74) is 0.677. The molecule has 1 aromatic heterocycles. The molecular weight excluding hydrogens is 275 g/mol. The van der Waals surface area contributed by atoms with Gasteiger partial charge >= 0.3 is 6.18 Å². The average Bonchev–Trinajstić information content (AvgIpc) is 2.37. The summed E-state index contributed by atoms with van der Waals surface area (Å²) in [6.07, 6.45) is -5.07. The second-order valence-corrected chi connectivity index (χ2v) is 4.57. The molecule has 1 atom stereocenters. The highest BCUT2D eigenvalue weighted by atomic mass is 19.4. The molecule has 0 radical (unpaired) electrons. The number of hydrogen-bond donors (Lipinski definition) is 0. The molecule has 0 N–H and O–H groups in total. The molecule has 0 aromatic carbocycles. The third kappa shape index (κ3) is 3.06. The lowest BCUT2D eigenvalue weighted by atomic mass is 10.2. The number of aromatic nitrogens is 2. The van der Waals surface area contributed by atoms with E-state index in [0.717, 1.165) is 4.90 Å². The van der Waals surface area contributed by atoms with Crippen LogP contribution in [0.3, 0.4) is 0 Å². The van der Waals surface area contributed by atoms with Crippen LogP contribution in [0.5, 0.6) is 0 Å². The highest BCUT2D eigenvalue weighted by Gasteiger charge is 2.44. The molecular formula is C12H14F3N3O2. The Labute approximate surface area is 113 Å². The second-order valence-electron chi connectivity index (χ2n) is 4.57. The number of rotatable bonds is 1. The van der Waals surface area contributed by atoms with Gasteiger partial charge in [0.2, 0.25) is 0 Å². The molecule has 5 nitrogen and oxygen atoms in total. The Kier molecular flexibility index (Phi) is 3.94. The number of carbonyl (C=O) groups excluding carboxylic acids is 1. The van der Waals surface area contributed by atoms with Gasteiger partial charge in [-0.25, -0.2) is 9.97 Å². The minimum absolute atomic E-state index is 0.124. The molecule has 1 amide bonds. The first-order chi connectivity index (χ1) is 9.29. The van der Waals surface area contributed by atoms with Crippen LogP contribution in [0.2, 0.25) is 0 Å². The van der Waals surface area contributed by atoms with E-state index in [-0.39, 0.29) is 18.7 Å². The van der Waals surface area contributed by atoms with Crippen LogP contribution in [0.1, 0.15) is 21.9 Å². The van der Waals surface area contributed by atoms with Gasteiger partial charge in [-0.3, -0.25) is 4.79 Å². The fourth-order valence-electron chi connectivity index (χ4n) is 2.00. The Balaban J connectivity index is 2.16. The smallest absolute Gasteiger partial charge is 0.365 e. The van der Waals surface area contributed by atoms with Crippen molar-refractivity contribution >= 4 is 5.91 Å². The van der Waals surface area contributed by atoms with Crippen molar-refractivity contribution < 1.29 is 22.7 Å². The third-order valence-electron chi connectivity index (χ3n) is 3.05. The standard InChI is InChI=1S/C12H14F3N3O2/c1-7-9(5-16-8(2)17-7)11(19)18-3-4-20-10(6-18)12(13,14)15/h5,10H,3-4,6H2,1-2H3. The Morgan fingerprint density at radius 2 is 2.15 bits per heavy atom. The zero-order valence-electron chi connectivity index (χ0n) is 11.1. The summed E-state index contributed by atoms with van der Waals surface area (Å²) >= 11 is 0. The maximum Gasteiger partial charge on any atom is 0.416 e. The number of halogens is 3. The summed E-state index contributed by atoms with van der Waals surface area (Å²) in [6, 6.07) is 0. The molecule has 0 aliphatic carbocycles. The van der Waals surface area contributed by atoms with E-state index in [1.165, 1.54) is 6.20 Å². The molecule has 20 heavy (non-hydrogen) atoms. The first-order valence-corrected chi connectivity index (χ1v) is 6.07. The van der Waals surface area contributed by atoms with Gasteiger partial charge in [0.1, 0.15) is 5.82 Å². The quantitative estimate of drug-likeness (QED) is 0.786. The van der Waals surface area contributed by atoms with Crippen LogP contribution < -0.4 is 0 Å². The van der Waals surface area contributed by atoms with E-state index < -0.39 is 24.7 Å². The van der Waals surface area contributed by atoms with Crippen LogP contribution in [-0.4, -0.2) is 52.8 Å². The summed E-state index contributed by atoms with van der Waals surface area (Å²) < 4.78 is 42.5. The van der Waals surface area contributed by atoms with Crippen molar-refractivity contribution in [3.63, 3.8) is 0 Å². The molecule has 0 saturated carbocycles. The molecule has 1 fully saturated rings. The predicted octanol–water partition coefficient (Wildman–Crippen LogP) is 1.50. The van der Waals surface area contributed by atoms with Crippen molar-refractivity contribution in [1.82, 2.24) is 14.9 Å². The van der Waals surface area contributed by atoms with E-state index >= 15 is 0 Å². The fourth-order valence-corrected chi connectivity index (χ4v) is 2.00. The van der Waals surface area contributed by atoms with Crippen LogP contribution in [0.25, 0.3) is 0 Å². The first-order valence-electron chi connectivity index (χ1n) is 6.07. The van der Waals surface area contributed by atoms with E-state index in [1.807, 2.05) is 0 Å². The van der Waals surface area contributed by atoms with Crippen molar-refractivity contribution in [2.75, 3.05) is 19.7 Å². The van der Waals surface area contributed by atoms with E-state index in [1.54, 1.807) is 13.8 Å². The maximum atomic E-state index is 12.6. The van der Waals surface area contributed by atoms with Crippen molar-refractivity contribution in [1.29, 1.82) is 0 Å². The van der Waals surface area contributed by atoms with Gasteiger partial charge in [0.05, 0.1) is 24.4 Å². The van der Waals surface area contributed by atoms with Crippen LogP contribution in [0.15, 0.2) is 6.20 Å². The van der Waals surface area contributed by atoms with E-state index in [4.69, 9.17) is 0 Å². The predicted molar refractivity (Wildman–Crippen MR) is 63.2 cm³/mol. The maximum absolute atomic E-state index is 12.6. The summed E-state index contributed by atoms with van der Waals surface area (Å²) in [5.74, 6) is 0.00856. The van der Waals surface area contributed by atoms with Crippen LogP contribution in [0.4, 0.5) is 13.2 Å². The fraction of sp³-hybridized carbons (Fsp3) is 0.583. The Morgan fingerprint density at radius 3 is 2.75 bits per heavy atom. The average molecular weight is 289 g/mol. The Morgan fingerprint density at radius 1 is 1.45 bits per heavy atom. The zero-order chi connectivity index (χ0) is 14.9. The molecule has 0 spiro atoms. The molecule has 8 heteroatoms. The molecule has 2 heterocycles. The number of ether oxygens (including phenoxy) is 1. The van der Waals surface area contributed by atoms with Crippen molar-refractivity contribution in [3.8, 4) is 0 Å². The van der Waals surface area contributed by atoms with E-state index in [0.29, 0.717) is 11.5 Å². The highest BCUT2D eigenvalue weighted by molar-refractivity contribution is 5.95. The lowest BCUT2D eigenvalue weighted by Crippen LogP contribution is -2.51. The summed E-state index contributed by atoms with van der Waals surface area (Å²) in [7, 11) is 0. The Bertz CT molecular complexity index is 519. The second kappa shape index (κ2) is 5.35. The number of nitrogens with zero attached hydrogens (tertiary/aromatic N) is 3.